The van der Waals surface area contributed by atoms with Crippen LogP contribution in [-0.4, -0.2) is 12.8 Å². The summed E-state index contributed by atoms with van der Waals surface area (Å²) in [6.45, 7) is 4.88. The van der Waals surface area contributed by atoms with Gasteiger partial charge in [-0.1, -0.05) is 33.1 Å². The highest BCUT2D eigenvalue weighted by atomic mass is 31.1. The normalized spacial score (nSPS) is 11.7. The molecule has 0 bridgehead atoms. The molecule has 3 heteroatoms. The van der Waals surface area contributed by atoms with Gasteiger partial charge >= 0.3 is 8.03 Å². The van der Waals surface area contributed by atoms with Gasteiger partial charge in [0, 0.05) is 0 Å². The maximum absolute atomic E-state index is 11.0. The predicted octanol–water partition coefficient (Wildman–Crippen LogP) is 3.74. The third-order valence-corrected chi connectivity index (χ3v) is 2.92. The molecule has 0 saturated heterocycles. The number of unbranched alkanes of at least 4 members (excludes halogenated alkanes) is 3. The lowest BCUT2D eigenvalue weighted by molar-refractivity contribution is 0.316. The van der Waals surface area contributed by atoms with E-state index in [4.69, 9.17) is 4.52 Å². The Morgan fingerprint density at radius 1 is 1.08 bits per heavy atom. The Morgan fingerprint density at radius 3 is 2.42 bits per heavy atom. The molecule has 0 heterocycles. The van der Waals surface area contributed by atoms with Gasteiger partial charge in [0.05, 0.1) is 0 Å². The molecule has 0 aromatic heterocycles. The van der Waals surface area contributed by atoms with Crippen LogP contribution in [0.3, 0.4) is 0 Å². The summed E-state index contributed by atoms with van der Waals surface area (Å²) in [4.78, 5) is 0. The minimum atomic E-state index is -1.35. The molecule has 0 aliphatic carbocycles. The zero-order valence-electron chi connectivity index (χ0n) is 8.21. The van der Waals surface area contributed by atoms with Crippen molar-refractivity contribution in [3.05, 3.63) is 0 Å². The van der Waals surface area contributed by atoms with E-state index >= 15 is 0 Å². The Morgan fingerprint density at radius 2 is 1.83 bits per heavy atom. The van der Waals surface area contributed by atoms with Gasteiger partial charge in [0.1, 0.15) is 6.61 Å². The van der Waals surface area contributed by atoms with Gasteiger partial charge in [0.2, 0.25) is 0 Å². The van der Waals surface area contributed by atoms with E-state index in [-0.39, 0.29) is 0 Å². The van der Waals surface area contributed by atoms with Gasteiger partial charge in [-0.15, -0.1) is 4.52 Å². The van der Waals surface area contributed by atoms with Gasteiger partial charge in [-0.3, -0.25) is 0 Å². The van der Waals surface area contributed by atoms with Crippen molar-refractivity contribution in [2.45, 2.75) is 46.0 Å². The predicted molar refractivity (Wildman–Crippen MR) is 52.9 cm³/mol. The van der Waals surface area contributed by atoms with Crippen molar-refractivity contribution in [3.63, 3.8) is 0 Å². The average Bonchev–Trinajstić information content (AvgIpc) is 2.05. The second-order valence-electron chi connectivity index (χ2n) is 2.95. The summed E-state index contributed by atoms with van der Waals surface area (Å²) in [5, 5.41) is 0. The van der Waals surface area contributed by atoms with Crippen LogP contribution >= 0.6 is 8.03 Å². The summed E-state index contributed by atoms with van der Waals surface area (Å²) in [6, 6.07) is 0. The average molecular weight is 191 g/mol. The quantitative estimate of drug-likeness (QED) is 0.431. The van der Waals surface area contributed by atoms with E-state index in [9.17, 15) is 4.57 Å². The van der Waals surface area contributed by atoms with Gasteiger partial charge in [-0.2, -0.15) is 0 Å². The van der Waals surface area contributed by atoms with Gasteiger partial charge in [-0.25, -0.2) is 0 Å². The van der Waals surface area contributed by atoms with E-state index in [1.165, 1.54) is 19.3 Å². The highest BCUT2D eigenvalue weighted by Crippen LogP contribution is 2.23. The van der Waals surface area contributed by atoms with E-state index in [0.717, 1.165) is 12.8 Å². The fourth-order valence-electron chi connectivity index (χ4n) is 0.942. The molecular formula is C9H20O2P+. The molecule has 12 heavy (non-hydrogen) atoms. The summed E-state index contributed by atoms with van der Waals surface area (Å²) in [7, 11) is -1.35. The van der Waals surface area contributed by atoms with Crippen LogP contribution in [0.25, 0.3) is 0 Å². The second kappa shape index (κ2) is 9.15. The molecule has 72 valence electrons. The van der Waals surface area contributed by atoms with Crippen LogP contribution in [0.4, 0.5) is 0 Å². The zero-order valence-corrected chi connectivity index (χ0v) is 9.11. The second-order valence-corrected chi connectivity index (χ2v) is 4.32. The summed E-state index contributed by atoms with van der Waals surface area (Å²) >= 11 is 0. The third-order valence-electron chi connectivity index (χ3n) is 1.64. The maximum Gasteiger partial charge on any atom is 0.508 e. The molecule has 0 fully saturated rings. The van der Waals surface area contributed by atoms with Crippen LogP contribution in [0.1, 0.15) is 46.0 Å². The molecule has 0 aliphatic rings. The molecule has 2 nitrogen and oxygen atoms in total. The summed E-state index contributed by atoms with van der Waals surface area (Å²) in [5.74, 6) is 0. The molecule has 0 radical (unpaired) electrons. The van der Waals surface area contributed by atoms with Crippen LogP contribution < -0.4 is 0 Å². The smallest absolute Gasteiger partial charge is 0.146 e. The highest BCUT2D eigenvalue weighted by Gasteiger charge is 2.13. The zero-order chi connectivity index (χ0) is 9.23. The van der Waals surface area contributed by atoms with E-state index in [2.05, 4.69) is 6.92 Å². The first kappa shape index (κ1) is 12.1. The molecule has 1 atom stereocenters. The summed E-state index contributed by atoms with van der Waals surface area (Å²) in [5.41, 5.74) is 0. The molecule has 0 aliphatic heterocycles. The van der Waals surface area contributed by atoms with E-state index in [1.54, 1.807) is 0 Å². The summed E-state index contributed by atoms with van der Waals surface area (Å²) < 4.78 is 16.1. The molecule has 0 N–H and O–H groups in total. The first-order valence-electron chi connectivity index (χ1n) is 4.88. The van der Waals surface area contributed by atoms with Gasteiger partial charge in [-0.05, 0) is 17.4 Å². The lowest BCUT2D eigenvalue weighted by Crippen LogP contribution is -1.88. The minimum absolute atomic E-state index is 0.676. The molecule has 0 aromatic rings. The van der Waals surface area contributed by atoms with Crippen LogP contribution in [0.2, 0.25) is 0 Å². The maximum atomic E-state index is 11.0. The SMILES string of the molecule is CCCCCCO[P+](=O)CCC. The largest absolute Gasteiger partial charge is 0.508 e. The van der Waals surface area contributed by atoms with Crippen molar-refractivity contribution in [1.82, 2.24) is 0 Å². The third kappa shape index (κ3) is 8.16. The van der Waals surface area contributed by atoms with Crippen LogP contribution in [0.5, 0.6) is 0 Å². The molecule has 1 unspecified atom stereocenters. The molecule has 0 saturated carbocycles. The minimum Gasteiger partial charge on any atom is -0.146 e. The molecule has 0 amide bonds. The lowest BCUT2D eigenvalue weighted by Gasteiger charge is -1.93. The number of hydrogen-bond donors (Lipinski definition) is 0. The van der Waals surface area contributed by atoms with Crippen LogP contribution in [0, 0.1) is 0 Å². The Bertz CT molecular complexity index is 115. The Kier molecular flexibility index (Phi) is 9.20. The van der Waals surface area contributed by atoms with Crippen molar-refractivity contribution in [2.24, 2.45) is 0 Å². The van der Waals surface area contributed by atoms with Crippen LogP contribution in [-0.2, 0) is 9.09 Å². The number of hydrogen-bond acceptors (Lipinski definition) is 2. The molecule has 0 aromatic carbocycles. The van der Waals surface area contributed by atoms with Crippen molar-refractivity contribution in [2.75, 3.05) is 12.8 Å². The monoisotopic (exact) mass is 191 g/mol. The van der Waals surface area contributed by atoms with E-state index in [0.29, 0.717) is 12.8 Å². The van der Waals surface area contributed by atoms with Crippen molar-refractivity contribution in [1.29, 1.82) is 0 Å². The van der Waals surface area contributed by atoms with Crippen molar-refractivity contribution in [3.8, 4) is 0 Å². The molecular weight excluding hydrogens is 171 g/mol. The van der Waals surface area contributed by atoms with Crippen molar-refractivity contribution < 1.29 is 9.09 Å². The van der Waals surface area contributed by atoms with E-state index < -0.39 is 8.03 Å². The first-order chi connectivity index (χ1) is 5.81. The lowest BCUT2D eigenvalue weighted by atomic mass is 10.2. The topological polar surface area (TPSA) is 26.3 Å². The van der Waals surface area contributed by atoms with Crippen molar-refractivity contribution >= 4 is 8.03 Å². The Balaban J connectivity index is 3.03. The highest BCUT2D eigenvalue weighted by molar-refractivity contribution is 7.39. The van der Waals surface area contributed by atoms with E-state index in [1.807, 2.05) is 6.92 Å². The van der Waals surface area contributed by atoms with Gasteiger partial charge in [0.25, 0.3) is 0 Å². The fraction of sp³-hybridized carbons (Fsp3) is 1.00. The van der Waals surface area contributed by atoms with Gasteiger partial charge < -0.3 is 0 Å². The standard InChI is InChI=1S/C9H20O2P/c1-3-5-6-7-8-11-12(10)9-4-2/h3-9H2,1-2H3/q+1. The fourth-order valence-corrected chi connectivity index (χ4v) is 1.77. The molecule has 0 spiro atoms. The Hall–Kier alpha value is 0.0600. The molecule has 0 rings (SSSR count). The van der Waals surface area contributed by atoms with Crippen LogP contribution in [0.15, 0.2) is 0 Å². The number of rotatable bonds is 8. The van der Waals surface area contributed by atoms with Gasteiger partial charge in [0.15, 0.2) is 6.16 Å². The first-order valence-corrected chi connectivity index (χ1v) is 6.25. The Labute approximate surface area is 76.6 Å². The summed E-state index contributed by atoms with van der Waals surface area (Å²) in [6.07, 6.45) is 6.41.